The van der Waals surface area contributed by atoms with Crippen molar-refractivity contribution in [3.05, 3.63) is 131 Å². The summed E-state index contributed by atoms with van der Waals surface area (Å²) in [4.78, 5) is 32.8. The molecule has 5 aromatic rings. The number of nitrogens with zero attached hydrogens (tertiary/aromatic N) is 3. The molecule has 1 atom stereocenters. The molecular formula is C35H32BrN3O4S. The summed E-state index contributed by atoms with van der Waals surface area (Å²) >= 11 is 4.86. The molecule has 0 fully saturated rings. The molecule has 0 saturated carbocycles. The highest BCUT2D eigenvalue weighted by molar-refractivity contribution is 9.10. The number of para-hydroxylation sites is 1. The van der Waals surface area contributed by atoms with Gasteiger partial charge >= 0.3 is 5.97 Å². The van der Waals surface area contributed by atoms with E-state index in [2.05, 4.69) is 51.7 Å². The topological polar surface area (TPSA) is 74.8 Å². The van der Waals surface area contributed by atoms with Crippen LogP contribution in [0.4, 0.5) is 0 Å². The Balaban J connectivity index is 1.52. The van der Waals surface area contributed by atoms with E-state index in [0.29, 0.717) is 33.8 Å². The summed E-state index contributed by atoms with van der Waals surface area (Å²) in [6.07, 6.45) is 1.97. The minimum Gasteiger partial charge on any atom is -0.494 e. The van der Waals surface area contributed by atoms with Crippen LogP contribution in [-0.4, -0.2) is 28.3 Å². The van der Waals surface area contributed by atoms with Crippen LogP contribution in [0.25, 0.3) is 17.0 Å². The first-order valence-corrected chi connectivity index (χ1v) is 16.2. The summed E-state index contributed by atoms with van der Waals surface area (Å²) in [7, 11) is 0. The van der Waals surface area contributed by atoms with Gasteiger partial charge in [0.25, 0.3) is 5.56 Å². The van der Waals surface area contributed by atoms with Gasteiger partial charge in [-0.2, -0.15) is 0 Å². The van der Waals surface area contributed by atoms with E-state index in [4.69, 9.17) is 14.5 Å². The van der Waals surface area contributed by atoms with Crippen LogP contribution < -0.4 is 19.6 Å². The molecule has 1 aliphatic heterocycles. The second-order valence-corrected chi connectivity index (χ2v) is 12.5. The van der Waals surface area contributed by atoms with E-state index in [0.717, 1.165) is 37.9 Å². The number of benzene rings is 3. The van der Waals surface area contributed by atoms with Crippen molar-refractivity contribution < 1.29 is 14.3 Å². The van der Waals surface area contributed by atoms with Crippen LogP contribution in [0, 0.1) is 6.92 Å². The largest absolute Gasteiger partial charge is 0.494 e. The van der Waals surface area contributed by atoms with E-state index in [1.807, 2.05) is 61.5 Å². The number of aromatic nitrogens is 2. The average molecular weight is 671 g/mol. The highest BCUT2D eigenvalue weighted by Gasteiger charge is 2.33. The molecule has 0 aliphatic carbocycles. The van der Waals surface area contributed by atoms with Crippen LogP contribution in [0.2, 0.25) is 0 Å². The van der Waals surface area contributed by atoms with E-state index >= 15 is 0 Å². The predicted octanol–water partition coefficient (Wildman–Crippen LogP) is 6.27. The molecule has 44 heavy (non-hydrogen) atoms. The third-order valence-corrected chi connectivity index (χ3v) is 9.34. The van der Waals surface area contributed by atoms with Gasteiger partial charge in [0, 0.05) is 33.2 Å². The minimum absolute atomic E-state index is 0.203. The standard InChI is InChI=1S/C35H32BrN3O4S/c1-5-42-26-17-13-24(14-18-26)32-31(34(41)43-6-2)21(3)37-35-39(32)33(40)30(44-35)19-28-22(4)38(29-10-8-7-9-27(28)29)20-23-11-15-25(36)16-12-23/h7-19,32H,5-6,20H2,1-4H3/b30-19+. The Kier molecular flexibility index (Phi) is 8.42. The number of rotatable bonds is 8. The average Bonchev–Trinajstić information content (AvgIpc) is 3.46. The molecular weight excluding hydrogens is 638 g/mol. The first-order valence-electron chi connectivity index (χ1n) is 14.5. The van der Waals surface area contributed by atoms with Crippen LogP contribution in [0.15, 0.2) is 98.3 Å². The Morgan fingerprint density at radius 3 is 2.43 bits per heavy atom. The summed E-state index contributed by atoms with van der Waals surface area (Å²) < 4.78 is 16.6. The lowest BCUT2D eigenvalue weighted by Crippen LogP contribution is -2.39. The Hall–Kier alpha value is -4.21. The van der Waals surface area contributed by atoms with Crippen molar-refractivity contribution in [2.24, 2.45) is 4.99 Å². The summed E-state index contributed by atoms with van der Waals surface area (Å²) in [5.74, 6) is 0.241. The van der Waals surface area contributed by atoms with Crippen molar-refractivity contribution in [3.63, 3.8) is 0 Å². The smallest absolute Gasteiger partial charge is 0.338 e. The van der Waals surface area contributed by atoms with E-state index in [1.54, 1.807) is 18.4 Å². The first-order chi connectivity index (χ1) is 21.3. The highest BCUT2D eigenvalue weighted by atomic mass is 79.9. The fraction of sp³-hybridized carbons (Fsp3) is 0.229. The number of fused-ring (bicyclic) bond motifs is 2. The number of thiazole rings is 1. The lowest BCUT2D eigenvalue weighted by atomic mass is 9.96. The van der Waals surface area contributed by atoms with E-state index in [1.165, 1.54) is 16.9 Å². The zero-order chi connectivity index (χ0) is 31.0. The maximum absolute atomic E-state index is 14.3. The molecule has 1 unspecified atom stereocenters. The van der Waals surface area contributed by atoms with Gasteiger partial charge in [-0.05, 0) is 75.2 Å². The first kappa shape index (κ1) is 29.8. The molecule has 1 aliphatic rings. The molecule has 0 radical (unpaired) electrons. The fourth-order valence-corrected chi connectivity index (χ4v) is 7.06. The highest BCUT2D eigenvalue weighted by Crippen LogP contribution is 2.32. The Morgan fingerprint density at radius 1 is 1.00 bits per heavy atom. The number of hydrogen-bond acceptors (Lipinski definition) is 6. The van der Waals surface area contributed by atoms with Crippen molar-refractivity contribution in [3.8, 4) is 5.75 Å². The third-order valence-electron chi connectivity index (χ3n) is 7.83. The number of esters is 1. The maximum Gasteiger partial charge on any atom is 0.338 e. The van der Waals surface area contributed by atoms with Gasteiger partial charge < -0.3 is 14.0 Å². The van der Waals surface area contributed by atoms with Crippen molar-refractivity contribution in [2.45, 2.75) is 40.3 Å². The van der Waals surface area contributed by atoms with Crippen molar-refractivity contribution >= 4 is 50.2 Å². The molecule has 9 heteroatoms. The van der Waals surface area contributed by atoms with Crippen LogP contribution >= 0.6 is 27.3 Å². The lowest BCUT2D eigenvalue weighted by Gasteiger charge is -2.24. The Morgan fingerprint density at radius 2 is 1.73 bits per heavy atom. The molecule has 0 bridgehead atoms. The number of carbonyl (C=O) groups excluding carboxylic acids is 1. The van der Waals surface area contributed by atoms with Gasteiger partial charge in [0.05, 0.1) is 35.1 Å². The van der Waals surface area contributed by atoms with E-state index in [-0.39, 0.29) is 12.2 Å². The van der Waals surface area contributed by atoms with E-state index < -0.39 is 12.0 Å². The van der Waals surface area contributed by atoms with Gasteiger partial charge in [0.15, 0.2) is 4.80 Å². The van der Waals surface area contributed by atoms with Crippen molar-refractivity contribution in [2.75, 3.05) is 13.2 Å². The molecule has 0 spiro atoms. The van der Waals surface area contributed by atoms with Crippen LogP contribution in [0.3, 0.4) is 0 Å². The zero-order valence-corrected chi connectivity index (χ0v) is 27.4. The fourth-order valence-electron chi connectivity index (χ4n) is 5.77. The third kappa shape index (κ3) is 5.46. The number of halogens is 1. The van der Waals surface area contributed by atoms with Crippen LogP contribution in [0.1, 0.15) is 49.2 Å². The summed E-state index contributed by atoms with van der Waals surface area (Å²) in [5.41, 5.74) is 5.80. The van der Waals surface area contributed by atoms with Crippen molar-refractivity contribution in [1.82, 2.24) is 9.13 Å². The Labute approximate surface area is 267 Å². The molecule has 2 aromatic heterocycles. The van der Waals surface area contributed by atoms with Gasteiger partial charge in [-0.25, -0.2) is 9.79 Å². The maximum atomic E-state index is 14.3. The molecule has 6 rings (SSSR count). The van der Waals surface area contributed by atoms with Gasteiger partial charge in [-0.15, -0.1) is 0 Å². The SMILES string of the molecule is CCOC(=O)C1=C(C)N=c2s/c(=C/c3c(C)n(Cc4ccc(Br)cc4)c4ccccc34)c(=O)n2C1c1ccc(OCC)cc1. The van der Waals surface area contributed by atoms with Gasteiger partial charge in [-0.3, -0.25) is 9.36 Å². The zero-order valence-electron chi connectivity index (χ0n) is 25.0. The molecule has 0 N–H and O–H groups in total. The number of allylic oxidation sites excluding steroid dienone is 1. The second kappa shape index (κ2) is 12.4. The van der Waals surface area contributed by atoms with Crippen LogP contribution in [-0.2, 0) is 16.1 Å². The Bertz CT molecular complexity index is 2090. The van der Waals surface area contributed by atoms with Gasteiger partial charge in [-0.1, -0.05) is 69.7 Å². The summed E-state index contributed by atoms with van der Waals surface area (Å²) in [6.45, 7) is 9.05. The molecule has 0 saturated heterocycles. The second-order valence-electron chi connectivity index (χ2n) is 10.5. The van der Waals surface area contributed by atoms with Crippen molar-refractivity contribution in [1.29, 1.82) is 0 Å². The molecule has 3 aromatic carbocycles. The minimum atomic E-state index is -0.678. The monoisotopic (exact) mass is 669 g/mol. The van der Waals surface area contributed by atoms with Crippen LogP contribution in [0.5, 0.6) is 5.75 Å². The summed E-state index contributed by atoms with van der Waals surface area (Å²) in [6, 6.07) is 23.4. The quantitative estimate of drug-likeness (QED) is 0.183. The lowest BCUT2D eigenvalue weighted by molar-refractivity contribution is -0.139. The van der Waals surface area contributed by atoms with Gasteiger partial charge in [0.2, 0.25) is 0 Å². The molecule has 224 valence electrons. The molecule has 0 amide bonds. The normalized spacial score (nSPS) is 14.9. The van der Waals surface area contributed by atoms with Gasteiger partial charge in [0.1, 0.15) is 5.75 Å². The molecule has 7 nitrogen and oxygen atoms in total. The number of carbonyl (C=O) groups is 1. The van der Waals surface area contributed by atoms with E-state index in [9.17, 15) is 9.59 Å². The predicted molar refractivity (Wildman–Crippen MR) is 178 cm³/mol. The number of hydrogen-bond donors (Lipinski definition) is 0. The summed E-state index contributed by atoms with van der Waals surface area (Å²) in [5, 5.41) is 1.07. The molecule has 3 heterocycles. The number of ether oxygens (including phenoxy) is 2.